The summed E-state index contributed by atoms with van der Waals surface area (Å²) in [7, 11) is 0. The molecule has 0 aliphatic heterocycles. The number of esters is 1. The lowest BCUT2D eigenvalue weighted by Crippen LogP contribution is -2.01. The van der Waals surface area contributed by atoms with Gasteiger partial charge in [0, 0.05) is 13.3 Å². The molecular formula is C16H22O4. The van der Waals surface area contributed by atoms with Crippen LogP contribution in [0, 0.1) is 0 Å². The second kappa shape index (κ2) is 9.13. The number of carboxylic acids is 1. The third kappa shape index (κ3) is 7.56. The molecule has 0 atom stereocenters. The lowest BCUT2D eigenvalue weighted by molar-refractivity contribution is -0.137. The van der Waals surface area contributed by atoms with Gasteiger partial charge in [0.05, 0.1) is 0 Å². The van der Waals surface area contributed by atoms with Crippen molar-refractivity contribution in [3.8, 4) is 5.75 Å². The first-order valence-electron chi connectivity index (χ1n) is 7.07. The maximum Gasteiger partial charge on any atom is 0.308 e. The summed E-state index contributed by atoms with van der Waals surface area (Å²) in [6.07, 6.45) is 6.18. The summed E-state index contributed by atoms with van der Waals surface area (Å²) in [6.45, 7) is 1.39. The van der Waals surface area contributed by atoms with Crippen molar-refractivity contribution in [2.75, 3.05) is 0 Å². The molecule has 1 rings (SSSR count). The summed E-state index contributed by atoms with van der Waals surface area (Å²) < 4.78 is 5.04. The molecule has 1 aromatic rings. The van der Waals surface area contributed by atoms with E-state index in [1.807, 2.05) is 18.2 Å². The van der Waals surface area contributed by atoms with Crippen molar-refractivity contribution in [1.29, 1.82) is 0 Å². The third-order valence-electron chi connectivity index (χ3n) is 3.02. The van der Waals surface area contributed by atoms with Gasteiger partial charge in [-0.1, -0.05) is 31.4 Å². The van der Waals surface area contributed by atoms with Gasteiger partial charge < -0.3 is 9.84 Å². The van der Waals surface area contributed by atoms with Crippen molar-refractivity contribution in [1.82, 2.24) is 0 Å². The van der Waals surface area contributed by atoms with E-state index < -0.39 is 5.97 Å². The van der Waals surface area contributed by atoms with Gasteiger partial charge in [-0.15, -0.1) is 0 Å². The first kappa shape index (κ1) is 16.2. The third-order valence-corrected chi connectivity index (χ3v) is 3.02. The number of carboxylic acid groups (broad SMARTS) is 1. The van der Waals surface area contributed by atoms with Crippen LogP contribution in [-0.2, 0) is 16.0 Å². The predicted molar refractivity (Wildman–Crippen MR) is 76.8 cm³/mol. The molecule has 0 bridgehead atoms. The number of benzene rings is 1. The molecule has 0 heterocycles. The molecule has 110 valence electrons. The number of aliphatic carboxylic acids is 1. The average Bonchev–Trinajstić information content (AvgIpc) is 2.37. The Balaban J connectivity index is 2.18. The normalized spacial score (nSPS) is 10.2. The van der Waals surface area contributed by atoms with E-state index in [2.05, 4.69) is 0 Å². The van der Waals surface area contributed by atoms with Crippen molar-refractivity contribution < 1.29 is 19.4 Å². The molecule has 0 unspecified atom stereocenters. The van der Waals surface area contributed by atoms with Gasteiger partial charge in [-0.05, 0) is 37.0 Å². The van der Waals surface area contributed by atoms with Gasteiger partial charge in [-0.25, -0.2) is 0 Å². The number of hydrogen-bond donors (Lipinski definition) is 1. The molecule has 0 aromatic heterocycles. The van der Waals surface area contributed by atoms with Gasteiger partial charge in [0.15, 0.2) is 0 Å². The van der Waals surface area contributed by atoms with Crippen LogP contribution in [0.25, 0.3) is 0 Å². The smallest absolute Gasteiger partial charge is 0.308 e. The van der Waals surface area contributed by atoms with Crippen molar-refractivity contribution in [2.24, 2.45) is 0 Å². The summed E-state index contributed by atoms with van der Waals surface area (Å²) in [5.41, 5.74) is 1.16. The summed E-state index contributed by atoms with van der Waals surface area (Å²) in [5.74, 6) is -0.427. The van der Waals surface area contributed by atoms with Crippen LogP contribution in [0.5, 0.6) is 5.75 Å². The summed E-state index contributed by atoms with van der Waals surface area (Å²) >= 11 is 0. The number of carbonyl (C=O) groups is 2. The van der Waals surface area contributed by atoms with E-state index in [4.69, 9.17) is 9.84 Å². The van der Waals surface area contributed by atoms with Crippen molar-refractivity contribution >= 4 is 11.9 Å². The van der Waals surface area contributed by atoms with Crippen LogP contribution in [0.15, 0.2) is 24.3 Å². The zero-order valence-electron chi connectivity index (χ0n) is 11.9. The molecule has 4 nitrogen and oxygen atoms in total. The molecule has 0 aliphatic carbocycles. The number of hydrogen-bond acceptors (Lipinski definition) is 3. The van der Waals surface area contributed by atoms with Gasteiger partial charge in [0.1, 0.15) is 5.75 Å². The van der Waals surface area contributed by atoms with Gasteiger partial charge in [0.2, 0.25) is 0 Å². The molecule has 0 saturated heterocycles. The lowest BCUT2D eigenvalue weighted by atomic mass is 10.0. The Bertz CT molecular complexity index is 440. The van der Waals surface area contributed by atoms with Crippen molar-refractivity contribution in [3.05, 3.63) is 29.8 Å². The quantitative estimate of drug-likeness (QED) is 0.426. The fourth-order valence-corrected chi connectivity index (χ4v) is 2.07. The maximum atomic E-state index is 10.9. The fourth-order valence-electron chi connectivity index (χ4n) is 2.07. The highest BCUT2D eigenvalue weighted by Gasteiger charge is 2.00. The number of ether oxygens (including phenoxy) is 1. The van der Waals surface area contributed by atoms with Crippen LogP contribution < -0.4 is 4.74 Å². The Morgan fingerprint density at radius 2 is 1.80 bits per heavy atom. The van der Waals surface area contributed by atoms with E-state index in [9.17, 15) is 9.59 Å². The number of aryl methyl sites for hydroxylation is 1. The van der Waals surface area contributed by atoms with Gasteiger partial charge in [-0.2, -0.15) is 0 Å². The first-order valence-corrected chi connectivity index (χ1v) is 7.07. The fraction of sp³-hybridized carbons (Fsp3) is 0.500. The van der Waals surface area contributed by atoms with Crippen LogP contribution in [0.3, 0.4) is 0 Å². The topological polar surface area (TPSA) is 63.6 Å². The molecule has 1 N–H and O–H groups in total. The molecule has 0 spiro atoms. The SMILES string of the molecule is CC(=O)Oc1cccc(CCCCCCCC(=O)O)c1. The zero-order valence-corrected chi connectivity index (χ0v) is 11.9. The highest BCUT2D eigenvalue weighted by molar-refractivity contribution is 5.69. The second-order valence-electron chi connectivity index (χ2n) is 4.90. The molecule has 0 saturated carbocycles. The molecule has 0 amide bonds. The summed E-state index contributed by atoms with van der Waals surface area (Å²) in [6, 6.07) is 7.58. The van der Waals surface area contributed by atoms with E-state index in [1.165, 1.54) is 6.92 Å². The molecule has 0 aliphatic rings. The Morgan fingerprint density at radius 3 is 2.50 bits per heavy atom. The van der Waals surface area contributed by atoms with Crippen LogP contribution >= 0.6 is 0 Å². The lowest BCUT2D eigenvalue weighted by Gasteiger charge is -2.05. The van der Waals surface area contributed by atoms with E-state index >= 15 is 0 Å². The molecule has 0 fully saturated rings. The summed E-state index contributed by atoms with van der Waals surface area (Å²) in [4.78, 5) is 21.2. The van der Waals surface area contributed by atoms with Gasteiger partial charge in [-0.3, -0.25) is 9.59 Å². The monoisotopic (exact) mass is 278 g/mol. The largest absolute Gasteiger partial charge is 0.481 e. The molecule has 4 heteroatoms. The maximum absolute atomic E-state index is 10.9. The van der Waals surface area contributed by atoms with Crippen LogP contribution in [0.2, 0.25) is 0 Å². The Kier molecular flexibility index (Phi) is 7.40. The van der Waals surface area contributed by atoms with E-state index in [1.54, 1.807) is 6.07 Å². The zero-order chi connectivity index (χ0) is 14.8. The minimum absolute atomic E-state index is 0.268. The molecule has 0 radical (unpaired) electrons. The van der Waals surface area contributed by atoms with Crippen LogP contribution in [0.1, 0.15) is 51.0 Å². The predicted octanol–water partition coefficient (Wildman–Crippen LogP) is 3.58. The Hall–Kier alpha value is -1.84. The Labute approximate surface area is 119 Å². The minimum atomic E-state index is -0.715. The second-order valence-corrected chi connectivity index (χ2v) is 4.90. The highest BCUT2D eigenvalue weighted by Crippen LogP contribution is 2.16. The summed E-state index contributed by atoms with van der Waals surface area (Å²) in [5, 5.41) is 8.52. The molecular weight excluding hydrogens is 256 g/mol. The van der Waals surface area contributed by atoms with Gasteiger partial charge in [0.25, 0.3) is 0 Å². The van der Waals surface area contributed by atoms with Crippen LogP contribution in [0.4, 0.5) is 0 Å². The standard InChI is InChI=1S/C16H22O4/c1-13(17)20-15-10-7-9-14(12-15)8-5-3-2-4-6-11-16(18)19/h7,9-10,12H,2-6,8,11H2,1H3,(H,18,19). The van der Waals surface area contributed by atoms with Gasteiger partial charge >= 0.3 is 11.9 Å². The van der Waals surface area contributed by atoms with Crippen molar-refractivity contribution in [2.45, 2.75) is 51.9 Å². The molecule has 20 heavy (non-hydrogen) atoms. The first-order chi connectivity index (χ1) is 9.58. The van der Waals surface area contributed by atoms with E-state index in [0.29, 0.717) is 5.75 Å². The number of rotatable bonds is 9. The molecule has 1 aromatic carbocycles. The van der Waals surface area contributed by atoms with E-state index in [-0.39, 0.29) is 12.4 Å². The average molecular weight is 278 g/mol. The number of carbonyl (C=O) groups excluding carboxylic acids is 1. The van der Waals surface area contributed by atoms with Crippen molar-refractivity contribution in [3.63, 3.8) is 0 Å². The minimum Gasteiger partial charge on any atom is -0.481 e. The Morgan fingerprint density at radius 1 is 1.10 bits per heavy atom. The van der Waals surface area contributed by atoms with E-state index in [0.717, 1.165) is 44.1 Å². The van der Waals surface area contributed by atoms with Crippen LogP contribution in [-0.4, -0.2) is 17.0 Å². The highest BCUT2D eigenvalue weighted by atomic mass is 16.5. The number of unbranched alkanes of at least 4 members (excludes halogenated alkanes) is 4.